The molecule has 0 atom stereocenters. The van der Waals surface area contributed by atoms with Gasteiger partial charge in [-0.1, -0.05) is 39.5 Å². The summed E-state index contributed by atoms with van der Waals surface area (Å²) in [5.41, 5.74) is 4.66. The van der Waals surface area contributed by atoms with Crippen LogP contribution in [0, 0.1) is 0 Å². The van der Waals surface area contributed by atoms with Crippen molar-refractivity contribution in [3.05, 3.63) is 0 Å². The molecule has 0 saturated heterocycles. The summed E-state index contributed by atoms with van der Waals surface area (Å²) in [4.78, 5) is 9.05. The Morgan fingerprint density at radius 2 is 1.50 bits per heavy atom. The molecule has 0 amide bonds. The van der Waals surface area contributed by atoms with Crippen molar-refractivity contribution in [3.63, 3.8) is 0 Å². The Hall–Kier alpha value is -0.370. The predicted octanol–water partition coefficient (Wildman–Crippen LogP) is 1.98. The fourth-order valence-corrected chi connectivity index (χ4v) is 0.250. The van der Waals surface area contributed by atoms with Gasteiger partial charge in [0.1, 0.15) is 6.29 Å². The second-order valence-electron chi connectivity index (χ2n) is 1.82. The van der Waals surface area contributed by atoms with Crippen LogP contribution >= 0.6 is 0 Å². The lowest BCUT2D eigenvalue weighted by molar-refractivity contribution is -0.106. The molecule has 0 radical (unpaired) electrons. The van der Waals surface area contributed by atoms with Gasteiger partial charge in [0.05, 0.1) is 0 Å². The number of nitrogens with two attached hydrogens (primary N) is 1. The molecule has 1 rings (SSSR count). The highest BCUT2D eigenvalue weighted by molar-refractivity contribution is 5.51. The van der Waals surface area contributed by atoms with Crippen LogP contribution in [0.4, 0.5) is 0 Å². The van der Waals surface area contributed by atoms with Gasteiger partial charge in [-0.3, -0.25) is 0 Å². The Balaban J connectivity index is -0.0000000889. The molecule has 1 fully saturated rings. The van der Waals surface area contributed by atoms with Gasteiger partial charge >= 0.3 is 0 Å². The summed E-state index contributed by atoms with van der Waals surface area (Å²) in [5, 5.41) is 0. The van der Waals surface area contributed by atoms with E-state index in [1.54, 1.807) is 0 Å². The highest BCUT2D eigenvalue weighted by Crippen LogP contribution is 2.15. The zero-order valence-corrected chi connectivity index (χ0v) is 7.10. The topological polar surface area (TPSA) is 43.1 Å². The van der Waals surface area contributed by atoms with Crippen molar-refractivity contribution in [2.45, 2.75) is 39.5 Å². The van der Waals surface area contributed by atoms with Crippen LogP contribution in [-0.4, -0.2) is 12.8 Å². The van der Waals surface area contributed by atoms with Crippen LogP contribution in [-0.2, 0) is 4.79 Å². The number of rotatable bonds is 1. The first-order valence-corrected chi connectivity index (χ1v) is 4.05. The first-order valence-electron chi connectivity index (χ1n) is 4.05. The van der Waals surface area contributed by atoms with Crippen LogP contribution in [0.1, 0.15) is 41.0 Å². The zero-order chi connectivity index (χ0) is 8.24. The highest BCUT2D eigenvalue weighted by atomic mass is 16.1. The minimum atomic E-state index is 0. The van der Waals surface area contributed by atoms with Gasteiger partial charge in [0, 0.05) is 7.97 Å². The molecule has 0 aliphatic heterocycles. The molecular formula is C8H21NO. The van der Waals surface area contributed by atoms with E-state index in [2.05, 4.69) is 5.73 Å². The number of hydrogen-bond acceptors (Lipinski definition) is 2. The van der Waals surface area contributed by atoms with Gasteiger partial charge in [-0.2, -0.15) is 0 Å². The average molecular weight is 147 g/mol. The van der Waals surface area contributed by atoms with Crippen LogP contribution in [0.5, 0.6) is 0 Å². The summed E-state index contributed by atoms with van der Waals surface area (Å²) in [5.74, 6) is 0. The third kappa shape index (κ3) is 15.6. The van der Waals surface area contributed by atoms with E-state index >= 15 is 0 Å². The van der Waals surface area contributed by atoms with E-state index in [1.165, 1.54) is 25.7 Å². The quantitative estimate of drug-likeness (QED) is 0.576. The monoisotopic (exact) mass is 147 g/mol. The lowest BCUT2D eigenvalue weighted by Gasteiger charge is -2.05. The number of hydrogen-bond donors (Lipinski definition) is 1. The van der Waals surface area contributed by atoms with Gasteiger partial charge in [0.15, 0.2) is 0 Å². The van der Waals surface area contributed by atoms with E-state index in [0.717, 1.165) is 0 Å². The van der Waals surface area contributed by atoms with Gasteiger partial charge in [-0.05, 0) is 0 Å². The molecule has 0 aromatic rings. The van der Waals surface area contributed by atoms with Gasteiger partial charge in [0.2, 0.25) is 0 Å². The summed E-state index contributed by atoms with van der Waals surface area (Å²) in [6, 6.07) is 0. The van der Waals surface area contributed by atoms with Gasteiger partial charge < -0.3 is 10.5 Å². The zero-order valence-electron chi connectivity index (χ0n) is 7.10. The van der Waals surface area contributed by atoms with Crippen molar-refractivity contribution in [2.24, 2.45) is 5.73 Å². The molecule has 2 heteroatoms. The van der Waals surface area contributed by atoms with E-state index in [-0.39, 0.29) is 7.97 Å². The van der Waals surface area contributed by atoms with Crippen molar-refractivity contribution in [3.8, 4) is 0 Å². The van der Waals surface area contributed by atoms with Gasteiger partial charge in [-0.25, -0.2) is 0 Å². The Morgan fingerprint density at radius 1 is 1.30 bits per heavy atom. The van der Waals surface area contributed by atoms with Crippen LogP contribution in [0.15, 0.2) is 0 Å². The van der Waals surface area contributed by atoms with E-state index in [1.807, 2.05) is 13.8 Å². The van der Waals surface area contributed by atoms with Crippen molar-refractivity contribution in [1.82, 2.24) is 0 Å². The Labute approximate surface area is 65.3 Å². The molecule has 0 unspecified atom stereocenters. The molecule has 0 aromatic heterocycles. The van der Waals surface area contributed by atoms with E-state index in [0.29, 0.717) is 6.29 Å². The predicted molar refractivity (Wildman–Crippen MR) is 47.0 cm³/mol. The number of carbonyl (C=O) groups excluding carboxylic acids is 1. The first-order chi connectivity index (χ1) is 4.91. The SMILES string of the molecule is C1CCC1.CC.NCC=O.[HH]. The summed E-state index contributed by atoms with van der Waals surface area (Å²) < 4.78 is 0. The van der Waals surface area contributed by atoms with Crippen LogP contribution in [0.3, 0.4) is 0 Å². The molecule has 0 bridgehead atoms. The molecular weight excluding hydrogens is 126 g/mol. The second kappa shape index (κ2) is 15.9. The maximum absolute atomic E-state index is 9.05. The summed E-state index contributed by atoms with van der Waals surface area (Å²) in [6.07, 6.45) is 6.65. The molecule has 0 spiro atoms. The molecule has 1 aliphatic carbocycles. The second-order valence-corrected chi connectivity index (χ2v) is 1.82. The van der Waals surface area contributed by atoms with Crippen molar-refractivity contribution >= 4 is 6.29 Å². The molecule has 1 aliphatic rings. The fourth-order valence-electron chi connectivity index (χ4n) is 0.250. The van der Waals surface area contributed by atoms with E-state index in [4.69, 9.17) is 4.79 Å². The first kappa shape index (κ1) is 12.3. The number of carbonyl (C=O) groups is 1. The molecule has 64 valence electrons. The van der Waals surface area contributed by atoms with Crippen molar-refractivity contribution in [2.75, 3.05) is 6.54 Å². The molecule has 10 heavy (non-hydrogen) atoms. The average Bonchev–Trinajstić information content (AvgIpc) is 1.89. The number of aldehydes is 1. The van der Waals surface area contributed by atoms with Crippen LogP contribution < -0.4 is 5.73 Å². The lowest BCUT2D eigenvalue weighted by atomic mass is 10.0. The summed E-state index contributed by atoms with van der Waals surface area (Å²) in [7, 11) is 0. The highest BCUT2D eigenvalue weighted by Gasteiger charge is 1.95. The molecule has 0 heterocycles. The molecule has 1 saturated carbocycles. The maximum atomic E-state index is 9.05. The normalized spacial score (nSPS) is 12.7. The van der Waals surface area contributed by atoms with Crippen LogP contribution in [0.25, 0.3) is 0 Å². The van der Waals surface area contributed by atoms with E-state index in [9.17, 15) is 0 Å². The molecule has 0 aromatic carbocycles. The third-order valence-electron chi connectivity index (χ3n) is 1.10. The fraction of sp³-hybridized carbons (Fsp3) is 0.875. The van der Waals surface area contributed by atoms with Gasteiger partial charge in [0.25, 0.3) is 0 Å². The molecule has 2 nitrogen and oxygen atoms in total. The van der Waals surface area contributed by atoms with E-state index < -0.39 is 0 Å². The Morgan fingerprint density at radius 3 is 1.50 bits per heavy atom. The Kier molecular flexibility index (Phi) is 19.5. The summed E-state index contributed by atoms with van der Waals surface area (Å²) in [6.45, 7) is 4.14. The van der Waals surface area contributed by atoms with Crippen molar-refractivity contribution in [1.29, 1.82) is 0 Å². The maximum Gasteiger partial charge on any atom is 0.133 e. The minimum absolute atomic E-state index is 0. The molecule has 2 N–H and O–H groups in total. The summed E-state index contributed by atoms with van der Waals surface area (Å²) >= 11 is 0. The van der Waals surface area contributed by atoms with Crippen molar-refractivity contribution < 1.29 is 6.22 Å². The Bertz CT molecular complexity index is 52.1. The largest absolute Gasteiger partial charge is 0.324 e. The lowest BCUT2D eigenvalue weighted by Crippen LogP contribution is -1.97. The standard InChI is InChI=1S/C4H8.C2H5NO.C2H6.H2/c1-2-4-3-1;3-1-2-4;1-2;/h1-4H2;2H,1,3H2;1-2H3;1H. The van der Waals surface area contributed by atoms with Crippen LogP contribution in [0.2, 0.25) is 0 Å². The minimum Gasteiger partial charge on any atom is -0.324 e. The smallest absolute Gasteiger partial charge is 0.133 e. The van der Waals surface area contributed by atoms with Gasteiger partial charge in [-0.15, -0.1) is 0 Å². The third-order valence-corrected chi connectivity index (χ3v) is 1.10.